The van der Waals surface area contributed by atoms with Gasteiger partial charge in [0.25, 0.3) is 11.4 Å². The van der Waals surface area contributed by atoms with Crippen LogP contribution in [0, 0.1) is 11.6 Å². The maximum absolute atomic E-state index is 14.1. The minimum absolute atomic E-state index is 0.0651. The molecule has 9 N–H and O–H groups in total. The Bertz CT molecular complexity index is 4940. The van der Waals surface area contributed by atoms with Gasteiger partial charge in [-0.15, -0.1) is 8.81 Å². The molecule has 104 heavy (non-hydrogen) atoms. The lowest BCUT2D eigenvalue weighted by molar-refractivity contribution is -0.0503. The molecule has 0 saturated heterocycles. The first kappa shape index (κ1) is 79.8. The number of aromatic amines is 4. The van der Waals surface area contributed by atoms with Gasteiger partial charge in [0, 0.05) is 105 Å². The van der Waals surface area contributed by atoms with Gasteiger partial charge in [0.05, 0.1) is 36.4 Å². The molecular weight excluding hydrogens is 1530 g/mol. The van der Waals surface area contributed by atoms with Gasteiger partial charge in [0.2, 0.25) is 0 Å². The largest absolute Gasteiger partial charge is 0.534 e. The fourth-order valence-corrected chi connectivity index (χ4v) is 13.4. The van der Waals surface area contributed by atoms with E-state index in [1.807, 2.05) is 0 Å². The number of hydrogen-bond donors (Lipinski definition) is 9. The molecule has 3 aromatic heterocycles. The number of nitrogens with zero attached hydrogens (tertiary/aromatic N) is 6. The molecule has 6 heterocycles. The Morgan fingerprint density at radius 1 is 0.510 bits per heavy atom. The van der Waals surface area contributed by atoms with Crippen molar-refractivity contribution >= 4 is 118 Å². The summed E-state index contributed by atoms with van der Waals surface area (Å²) in [6, 6.07) is 35.2. The molecule has 44 heteroatoms. The first-order valence-electron chi connectivity index (χ1n) is 29.5. The Labute approximate surface area is 597 Å². The van der Waals surface area contributed by atoms with Gasteiger partial charge in [-0.25, -0.2) is 23.2 Å². The third-order valence-corrected chi connectivity index (χ3v) is 19.9. The summed E-state index contributed by atoms with van der Waals surface area (Å²) in [5, 5.41) is 45.3. The van der Waals surface area contributed by atoms with E-state index in [-0.39, 0.29) is 54.0 Å². The van der Waals surface area contributed by atoms with Crippen LogP contribution >= 0.6 is 34.8 Å². The third kappa shape index (κ3) is 19.9. The van der Waals surface area contributed by atoms with Gasteiger partial charge in [-0.3, -0.25) is 20.1 Å². The van der Waals surface area contributed by atoms with E-state index in [2.05, 4.69) is 50.7 Å². The number of carbonyl (C=O) groups excluding carboxylic acids is 3. The van der Waals surface area contributed by atoms with E-state index < -0.39 is 80.9 Å². The number of fused-ring (bicyclic) bond motifs is 3. The molecule has 6 aromatic carbocycles. The molecule has 9 aromatic rings. The minimum atomic E-state index is -6.81. The number of halogens is 14. The van der Waals surface area contributed by atoms with E-state index in [4.69, 9.17) is 44.9 Å². The number of amides is 6. The van der Waals surface area contributed by atoms with E-state index >= 15 is 0 Å². The number of hydrogen-bond acceptors (Lipinski definition) is 15. The SMILES string of the molecule is O=C(Nc1cccc(Cl)c1)N1CCc2[nH][nH]c(=O)c2C1.O=C(Nc1cccc(Cl)c1)N1CCc2[nH]nc(-c3ccccc3F)c2C1.O=C(Nc1cccc(Cl)c1)N1CCc2[nH]nc(OS(=O)(=O)C(F)(F)F)c2C1.O=S(=O)(N(c1ccccc1)S(=O)(=O)C(F)(F)F)C(F)(F)F.OB(O)c1ccccc1F. The van der Waals surface area contributed by atoms with Crippen LogP contribution in [0.4, 0.5) is 85.4 Å². The van der Waals surface area contributed by atoms with Crippen molar-refractivity contribution in [3.63, 3.8) is 0 Å². The van der Waals surface area contributed by atoms with Crippen LogP contribution in [0.25, 0.3) is 11.3 Å². The van der Waals surface area contributed by atoms with Crippen LogP contribution in [0.3, 0.4) is 0 Å². The fourth-order valence-electron chi connectivity index (χ4n) is 9.63. The van der Waals surface area contributed by atoms with Gasteiger partial charge in [-0.1, -0.05) is 102 Å². The molecule has 0 spiro atoms. The first-order valence-corrected chi connectivity index (χ1v) is 34.9. The fraction of sp³-hybridized carbons (Fsp3) is 0.200. The highest BCUT2D eigenvalue weighted by Gasteiger charge is 2.62. The average Bonchev–Trinajstić information content (AvgIpc) is 1.25. The molecule has 3 aliphatic heterocycles. The highest BCUT2D eigenvalue weighted by molar-refractivity contribution is 8.11. The highest BCUT2D eigenvalue weighted by atomic mass is 35.5. The maximum atomic E-state index is 14.1. The second-order valence-electron chi connectivity index (χ2n) is 21.7. The van der Waals surface area contributed by atoms with Crippen molar-refractivity contribution in [2.24, 2.45) is 0 Å². The van der Waals surface area contributed by atoms with Crippen molar-refractivity contribution in [1.82, 2.24) is 45.3 Å². The highest BCUT2D eigenvalue weighted by Crippen LogP contribution is 2.39. The number of nitrogens with one attached hydrogen (secondary N) is 7. The third-order valence-electron chi connectivity index (χ3n) is 14.6. The summed E-state index contributed by atoms with van der Waals surface area (Å²) >= 11 is 17.7. The van der Waals surface area contributed by atoms with Gasteiger partial charge in [0.1, 0.15) is 17.3 Å². The number of sulfonamides is 2. The molecule has 0 bridgehead atoms. The van der Waals surface area contributed by atoms with Crippen LogP contribution < -0.4 is 34.9 Å². The molecule has 0 radical (unpaired) electrons. The summed E-state index contributed by atoms with van der Waals surface area (Å²) < 4.78 is 208. The first-order chi connectivity index (χ1) is 48.8. The van der Waals surface area contributed by atoms with Gasteiger partial charge in [0.15, 0.2) is 0 Å². The Kier molecular flexibility index (Phi) is 25.5. The van der Waals surface area contributed by atoms with E-state index in [1.165, 1.54) is 41.3 Å². The van der Waals surface area contributed by atoms with Crippen molar-refractivity contribution in [2.75, 3.05) is 39.3 Å². The zero-order valence-corrected chi connectivity index (χ0v) is 57.2. The van der Waals surface area contributed by atoms with Gasteiger partial charge < -0.3 is 50.0 Å². The lowest BCUT2D eigenvalue weighted by Gasteiger charge is -2.27. The van der Waals surface area contributed by atoms with Crippen molar-refractivity contribution in [1.29, 1.82) is 0 Å². The van der Waals surface area contributed by atoms with Crippen LogP contribution in [0.2, 0.25) is 15.1 Å². The predicted octanol–water partition coefficient (Wildman–Crippen LogP) is 11.0. The summed E-state index contributed by atoms with van der Waals surface area (Å²) in [6.45, 7) is 1.85. The van der Waals surface area contributed by atoms with Crippen molar-refractivity contribution in [3.05, 3.63) is 222 Å². The molecule has 0 unspecified atom stereocenters. The Hall–Kier alpha value is -9.91. The lowest BCUT2D eigenvalue weighted by atomic mass is 9.80. The summed E-state index contributed by atoms with van der Waals surface area (Å²) in [7, 11) is -21.2. The van der Waals surface area contributed by atoms with Crippen LogP contribution in [-0.2, 0) is 69.1 Å². The number of para-hydroxylation sites is 1. The number of benzene rings is 6. The van der Waals surface area contributed by atoms with Crippen molar-refractivity contribution < 1.29 is 102 Å². The lowest BCUT2D eigenvalue weighted by Crippen LogP contribution is -2.49. The van der Waals surface area contributed by atoms with E-state index in [0.29, 0.717) is 106 Å². The van der Waals surface area contributed by atoms with E-state index in [0.717, 1.165) is 35.2 Å². The molecule has 26 nitrogen and oxygen atoms in total. The Morgan fingerprint density at radius 2 is 0.923 bits per heavy atom. The van der Waals surface area contributed by atoms with Gasteiger partial charge in [-0.2, -0.15) is 69.9 Å². The van der Waals surface area contributed by atoms with E-state index in [1.54, 1.807) is 94.7 Å². The molecule has 6 amide bonds. The van der Waals surface area contributed by atoms with E-state index in [9.17, 15) is 92.7 Å². The zero-order valence-electron chi connectivity index (χ0n) is 52.5. The van der Waals surface area contributed by atoms with Crippen molar-refractivity contribution in [3.8, 4) is 17.1 Å². The molecule has 3 aliphatic rings. The van der Waals surface area contributed by atoms with Gasteiger partial charge in [-0.05, 0) is 84.9 Å². The summed E-state index contributed by atoms with van der Waals surface area (Å²) in [5.41, 5.74) is -13.2. The topological polar surface area (TPSA) is 358 Å². The number of alkyl halides is 9. The molecular formula is C60H52BCl3F11N13O13S3. The Morgan fingerprint density at radius 3 is 1.36 bits per heavy atom. The van der Waals surface area contributed by atoms with Crippen LogP contribution in [0.5, 0.6) is 5.88 Å². The molecule has 554 valence electrons. The minimum Gasteiger partial charge on any atom is -0.423 e. The predicted molar refractivity (Wildman–Crippen MR) is 358 cm³/mol. The second kappa shape index (κ2) is 33.3. The number of urea groups is 3. The Balaban J connectivity index is 0.000000169. The number of H-pyrrole nitrogens is 4. The van der Waals surface area contributed by atoms with Crippen molar-refractivity contribution in [2.45, 2.75) is 55.4 Å². The summed E-state index contributed by atoms with van der Waals surface area (Å²) in [4.78, 5) is 53.3. The summed E-state index contributed by atoms with van der Waals surface area (Å²) in [5.74, 6) is -1.66. The van der Waals surface area contributed by atoms with Crippen LogP contribution in [-0.4, -0.2) is 142 Å². The van der Waals surface area contributed by atoms with Crippen LogP contribution in [0.1, 0.15) is 33.8 Å². The average molecular weight is 1590 g/mol. The maximum Gasteiger partial charge on any atom is 0.534 e. The molecule has 0 fully saturated rings. The number of anilines is 4. The zero-order chi connectivity index (χ0) is 76.3. The standard InChI is InChI=1S/C19H16ClFN4O.C14H12ClF3N4O4S.C13H13ClN4O2.C8H5F6NO4S2.C6H6BFO2/c20-12-4-3-5-13(10-12)22-19(26)25-9-8-17-15(11-25)18(24-23-17)14-6-1-2-7-16(14)21;15-8-2-1-3-9(6-8)19-13(23)22-5-4-11-10(7-22)12(21-20-11)26-27(24,25)14(16,17)18;14-8-2-1-3-9(6-8)15-13(20)18-5-4-11-10(7-18)12(19)17-16-11;9-7(10,11)20(16,17)15(6-4-2-1-3-5-6)21(18,19)8(12,13)14;8-6-4-2-1-3-5(6)7(9)10/h1-7,10H,8-9,11H2,(H,22,26)(H,23,24);1-3,6H,4-5,7H2,(H,19,23)(H,20,21);1-3,6H,4-5,7H2,(H,15,20)(H2,16,17,19);1-5H;1-4,9-10H. The smallest absolute Gasteiger partial charge is 0.423 e. The number of carbonyl (C=O) groups is 3. The van der Waals surface area contributed by atoms with Crippen LogP contribution in [0.15, 0.2) is 156 Å². The van der Waals surface area contributed by atoms with Gasteiger partial charge >= 0.3 is 71.9 Å². The molecule has 0 saturated carbocycles. The monoisotopic (exact) mass is 1580 g/mol. The molecule has 0 aliphatic carbocycles. The number of aromatic nitrogens is 6. The molecule has 12 rings (SSSR count). The molecule has 0 atom stereocenters. The normalized spacial score (nSPS) is 13.6. The second-order valence-corrected chi connectivity index (χ2v) is 28.3. The summed E-state index contributed by atoms with van der Waals surface area (Å²) in [6.07, 6.45) is 1.51. The quantitative estimate of drug-likeness (QED) is 0.0266. The number of rotatable bonds is 10.